The Morgan fingerprint density at radius 3 is 2.62 bits per heavy atom. The molecule has 1 aliphatic carbocycles. The predicted molar refractivity (Wildman–Crippen MR) is 49.5 cm³/mol. The lowest BCUT2D eigenvalue weighted by Crippen LogP contribution is -2.12. The fourth-order valence-electron chi connectivity index (χ4n) is 1.35. The van der Waals surface area contributed by atoms with Crippen molar-refractivity contribution in [1.29, 1.82) is 0 Å². The van der Waals surface area contributed by atoms with E-state index in [-0.39, 0.29) is 0 Å². The van der Waals surface area contributed by atoms with E-state index in [1.807, 2.05) is 0 Å². The summed E-state index contributed by atoms with van der Waals surface area (Å²) in [5, 5.41) is 0. The van der Waals surface area contributed by atoms with Crippen LogP contribution in [0.5, 0.6) is 6.01 Å². The molecule has 3 nitrogen and oxygen atoms in total. The van der Waals surface area contributed by atoms with Crippen LogP contribution in [0.1, 0.15) is 26.2 Å². The van der Waals surface area contributed by atoms with Gasteiger partial charge in [0.15, 0.2) is 0 Å². The summed E-state index contributed by atoms with van der Waals surface area (Å²) >= 11 is 0. The molecular weight excluding hydrogens is 164 g/mol. The summed E-state index contributed by atoms with van der Waals surface area (Å²) in [4.78, 5) is 8.02. The summed E-state index contributed by atoms with van der Waals surface area (Å²) in [5.74, 6) is 0. The quantitative estimate of drug-likeness (QED) is 0.707. The molecule has 0 radical (unpaired) electrons. The lowest BCUT2D eigenvalue weighted by Gasteiger charge is -2.11. The number of rotatable bonds is 4. The van der Waals surface area contributed by atoms with Crippen LogP contribution < -0.4 is 4.74 Å². The van der Waals surface area contributed by atoms with Crippen molar-refractivity contribution in [2.45, 2.75) is 26.2 Å². The lowest BCUT2D eigenvalue weighted by atomic mass is 10.1. The molecule has 0 N–H and O–H groups in total. The van der Waals surface area contributed by atoms with Gasteiger partial charge in [-0.25, -0.2) is 9.97 Å². The molecule has 0 atom stereocenters. The standard InChI is InChI=1S/C10H14N2O/c1-2-10(4-5-10)8-13-9-11-6-3-7-12-9/h3,6-7H,2,4-5,8H2,1H3. The summed E-state index contributed by atoms with van der Waals surface area (Å²) in [6, 6.07) is 2.29. The summed E-state index contributed by atoms with van der Waals surface area (Å²) in [7, 11) is 0. The van der Waals surface area contributed by atoms with E-state index < -0.39 is 0 Å². The van der Waals surface area contributed by atoms with E-state index in [1.165, 1.54) is 19.3 Å². The molecule has 0 unspecified atom stereocenters. The second kappa shape index (κ2) is 3.32. The number of hydrogen-bond acceptors (Lipinski definition) is 3. The van der Waals surface area contributed by atoms with E-state index in [2.05, 4.69) is 16.9 Å². The molecule has 70 valence electrons. The van der Waals surface area contributed by atoms with E-state index in [1.54, 1.807) is 18.5 Å². The fraction of sp³-hybridized carbons (Fsp3) is 0.600. The maximum absolute atomic E-state index is 5.50. The van der Waals surface area contributed by atoms with Crippen molar-refractivity contribution in [3.05, 3.63) is 18.5 Å². The normalized spacial score (nSPS) is 18.2. The third-order valence-electron chi connectivity index (χ3n) is 2.76. The van der Waals surface area contributed by atoms with Crippen LogP contribution in [0.3, 0.4) is 0 Å². The van der Waals surface area contributed by atoms with Crippen molar-refractivity contribution in [3.63, 3.8) is 0 Å². The van der Waals surface area contributed by atoms with Gasteiger partial charge in [-0.1, -0.05) is 6.92 Å². The zero-order chi connectivity index (χ0) is 9.15. The van der Waals surface area contributed by atoms with E-state index in [0.717, 1.165) is 6.61 Å². The first-order valence-electron chi connectivity index (χ1n) is 4.74. The largest absolute Gasteiger partial charge is 0.463 e. The Kier molecular flexibility index (Phi) is 2.17. The van der Waals surface area contributed by atoms with E-state index in [9.17, 15) is 0 Å². The van der Waals surface area contributed by atoms with Crippen molar-refractivity contribution in [3.8, 4) is 6.01 Å². The molecule has 13 heavy (non-hydrogen) atoms. The molecule has 2 rings (SSSR count). The van der Waals surface area contributed by atoms with Crippen molar-refractivity contribution in [1.82, 2.24) is 9.97 Å². The van der Waals surface area contributed by atoms with Gasteiger partial charge in [0.25, 0.3) is 0 Å². The second-order valence-corrected chi connectivity index (χ2v) is 3.67. The van der Waals surface area contributed by atoms with Gasteiger partial charge in [0, 0.05) is 17.8 Å². The van der Waals surface area contributed by atoms with Crippen LogP contribution in [0.4, 0.5) is 0 Å². The SMILES string of the molecule is CCC1(COc2ncccn2)CC1. The first-order chi connectivity index (χ1) is 6.35. The summed E-state index contributed by atoms with van der Waals surface area (Å²) in [5.41, 5.74) is 0.444. The summed E-state index contributed by atoms with van der Waals surface area (Å²) in [6.07, 6.45) is 7.17. The van der Waals surface area contributed by atoms with Gasteiger partial charge < -0.3 is 4.74 Å². The Bertz CT molecular complexity index is 270. The summed E-state index contributed by atoms with van der Waals surface area (Å²) in [6.45, 7) is 2.98. The van der Waals surface area contributed by atoms with Crippen LogP contribution in [-0.4, -0.2) is 16.6 Å². The van der Waals surface area contributed by atoms with Gasteiger partial charge in [0.05, 0.1) is 6.61 Å². The van der Waals surface area contributed by atoms with Crippen molar-refractivity contribution in [2.24, 2.45) is 5.41 Å². The fourth-order valence-corrected chi connectivity index (χ4v) is 1.35. The van der Waals surface area contributed by atoms with E-state index in [4.69, 9.17) is 4.74 Å². The molecule has 0 aliphatic heterocycles. The van der Waals surface area contributed by atoms with Crippen molar-refractivity contribution >= 4 is 0 Å². The van der Waals surface area contributed by atoms with Crippen molar-refractivity contribution in [2.75, 3.05) is 6.61 Å². The molecule has 0 aromatic carbocycles. The Balaban J connectivity index is 1.86. The average molecular weight is 178 g/mol. The second-order valence-electron chi connectivity index (χ2n) is 3.67. The Hall–Kier alpha value is -1.12. The van der Waals surface area contributed by atoms with Crippen LogP contribution in [0, 0.1) is 5.41 Å². The molecular formula is C10H14N2O. The minimum absolute atomic E-state index is 0.444. The Labute approximate surface area is 78.2 Å². The predicted octanol–water partition coefficient (Wildman–Crippen LogP) is 2.05. The van der Waals surface area contributed by atoms with Gasteiger partial charge in [-0.2, -0.15) is 0 Å². The van der Waals surface area contributed by atoms with Crippen LogP contribution in [0.25, 0.3) is 0 Å². The van der Waals surface area contributed by atoms with Crippen LogP contribution in [0.15, 0.2) is 18.5 Å². The maximum atomic E-state index is 5.50. The van der Waals surface area contributed by atoms with Gasteiger partial charge in [0.1, 0.15) is 0 Å². The highest BCUT2D eigenvalue weighted by molar-refractivity contribution is 4.97. The number of aromatic nitrogens is 2. The molecule has 0 amide bonds. The Morgan fingerprint density at radius 1 is 1.38 bits per heavy atom. The topological polar surface area (TPSA) is 35.0 Å². The molecule has 1 fully saturated rings. The van der Waals surface area contributed by atoms with Gasteiger partial charge >= 0.3 is 6.01 Å². The Morgan fingerprint density at radius 2 is 2.08 bits per heavy atom. The van der Waals surface area contributed by atoms with Gasteiger partial charge in [0.2, 0.25) is 0 Å². The first kappa shape index (κ1) is 8.48. The maximum Gasteiger partial charge on any atom is 0.316 e. The van der Waals surface area contributed by atoms with Gasteiger partial charge in [-0.3, -0.25) is 0 Å². The van der Waals surface area contributed by atoms with Crippen molar-refractivity contribution < 1.29 is 4.74 Å². The minimum Gasteiger partial charge on any atom is -0.463 e. The monoisotopic (exact) mass is 178 g/mol. The third kappa shape index (κ3) is 1.97. The zero-order valence-electron chi connectivity index (χ0n) is 7.86. The molecule has 1 aromatic heterocycles. The first-order valence-corrected chi connectivity index (χ1v) is 4.74. The van der Waals surface area contributed by atoms with Gasteiger partial charge in [-0.05, 0) is 25.3 Å². The highest BCUT2D eigenvalue weighted by Gasteiger charge is 2.41. The smallest absolute Gasteiger partial charge is 0.316 e. The number of nitrogens with zero attached hydrogens (tertiary/aromatic N) is 2. The molecule has 0 saturated heterocycles. The minimum atomic E-state index is 0.444. The van der Waals surface area contributed by atoms with Crippen LogP contribution in [0.2, 0.25) is 0 Å². The molecule has 1 saturated carbocycles. The highest BCUT2D eigenvalue weighted by atomic mass is 16.5. The third-order valence-corrected chi connectivity index (χ3v) is 2.76. The van der Waals surface area contributed by atoms with E-state index >= 15 is 0 Å². The number of hydrogen-bond donors (Lipinski definition) is 0. The number of ether oxygens (including phenoxy) is 1. The molecule has 0 spiro atoms. The average Bonchev–Trinajstić information content (AvgIpc) is 2.97. The lowest BCUT2D eigenvalue weighted by molar-refractivity contribution is 0.213. The van der Waals surface area contributed by atoms with Gasteiger partial charge in [-0.15, -0.1) is 0 Å². The summed E-state index contributed by atoms with van der Waals surface area (Å²) < 4.78 is 5.50. The molecule has 0 bridgehead atoms. The molecule has 3 heteroatoms. The highest BCUT2D eigenvalue weighted by Crippen LogP contribution is 2.48. The molecule has 1 aromatic rings. The zero-order valence-corrected chi connectivity index (χ0v) is 7.86. The van der Waals surface area contributed by atoms with Crippen LogP contribution >= 0.6 is 0 Å². The molecule has 1 aliphatic rings. The van der Waals surface area contributed by atoms with E-state index in [0.29, 0.717) is 11.4 Å². The molecule has 1 heterocycles. The van der Waals surface area contributed by atoms with Crippen LogP contribution in [-0.2, 0) is 0 Å².